The number of hydrogen-bond donors (Lipinski definition) is 5. The molecule has 0 spiro atoms. The van der Waals surface area contributed by atoms with Crippen molar-refractivity contribution in [3.8, 4) is 6.07 Å². The fourth-order valence-electron chi connectivity index (χ4n) is 4.30. The van der Waals surface area contributed by atoms with E-state index < -0.39 is 12.1 Å². The molecule has 3 heterocycles. The van der Waals surface area contributed by atoms with Gasteiger partial charge in [0.25, 0.3) is 5.91 Å². The summed E-state index contributed by atoms with van der Waals surface area (Å²) in [6.07, 6.45) is 13.8. The van der Waals surface area contributed by atoms with Crippen LogP contribution < -0.4 is 27.5 Å². The van der Waals surface area contributed by atoms with E-state index >= 15 is 0 Å². The first-order valence-electron chi connectivity index (χ1n) is 11.9. The van der Waals surface area contributed by atoms with Crippen molar-refractivity contribution < 1.29 is 9.59 Å². The van der Waals surface area contributed by atoms with Crippen LogP contribution in [-0.2, 0) is 4.79 Å². The quantitative estimate of drug-likeness (QED) is 0.337. The Hall–Kier alpha value is -4.59. The lowest BCUT2D eigenvalue weighted by molar-refractivity contribution is -0.130. The van der Waals surface area contributed by atoms with Crippen LogP contribution in [0.3, 0.4) is 0 Å². The number of primary amides is 1. The standard InChI is InChI=1S/C27H30N8O2/c1-18(15-31-11-2-10-28)35(25-8-3-19(14-29)16-32-25)27(37)22-9-12-34-24(13-22)23(17-33-34)20-4-6-21(7-5-20)26(30)36/h2-9,11-13,16,18,25,31-33H,10,15,17,28H2,1H3,(H2,30,36)/b11-2-. The average molecular weight is 499 g/mol. The number of amides is 2. The van der Waals surface area contributed by atoms with Gasteiger partial charge in [-0.3, -0.25) is 14.6 Å². The Kier molecular flexibility index (Phi) is 7.88. The minimum Gasteiger partial charge on any atom is -0.389 e. The highest BCUT2D eigenvalue weighted by molar-refractivity contribution is 5.98. The first kappa shape index (κ1) is 25.5. The van der Waals surface area contributed by atoms with Gasteiger partial charge in [0, 0.05) is 54.8 Å². The first-order valence-corrected chi connectivity index (χ1v) is 11.9. The molecule has 190 valence electrons. The molecule has 0 fully saturated rings. The maximum Gasteiger partial charge on any atom is 0.256 e. The van der Waals surface area contributed by atoms with Gasteiger partial charge in [0.1, 0.15) is 12.2 Å². The summed E-state index contributed by atoms with van der Waals surface area (Å²) >= 11 is 0. The van der Waals surface area contributed by atoms with Crippen LogP contribution in [0.1, 0.15) is 22.8 Å². The number of carbonyl (C=O) groups excluding carboxylic acids is 2. The van der Waals surface area contributed by atoms with Crippen molar-refractivity contribution >= 4 is 17.4 Å². The third kappa shape index (κ3) is 5.64. The zero-order valence-electron chi connectivity index (χ0n) is 20.5. The number of hydrogen-bond acceptors (Lipinski definition) is 8. The summed E-state index contributed by atoms with van der Waals surface area (Å²) in [5.41, 5.74) is 18.4. The van der Waals surface area contributed by atoms with Gasteiger partial charge in [0.2, 0.25) is 5.91 Å². The highest BCUT2D eigenvalue weighted by Gasteiger charge is 2.31. The Balaban J connectivity index is 1.63. The zero-order chi connectivity index (χ0) is 26.4. The summed E-state index contributed by atoms with van der Waals surface area (Å²) < 4.78 is 0. The number of benzene rings is 1. The van der Waals surface area contributed by atoms with E-state index in [2.05, 4.69) is 22.1 Å². The third-order valence-electron chi connectivity index (χ3n) is 6.25. The van der Waals surface area contributed by atoms with E-state index in [1.807, 2.05) is 42.4 Å². The Bertz CT molecular complexity index is 1280. The number of nitrogens with two attached hydrogens (primary N) is 2. The molecule has 3 aliphatic heterocycles. The zero-order valence-corrected chi connectivity index (χ0v) is 20.5. The lowest BCUT2D eigenvalue weighted by Gasteiger charge is -2.37. The molecule has 1 aromatic rings. The number of allylic oxidation sites excluding steroid dienone is 3. The van der Waals surface area contributed by atoms with Gasteiger partial charge in [0.15, 0.2) is 0 Å². The van der Waals surface area contributed by atoms with E-state index in [0.717, 1.165) is 16.8 Å². The number of carbonyl (C=O) groups is 2. The molecular weight excluding hydrogens is 468 g/mol. The second-order valence-electron chi connectivity index (χ2n) is 8.72. The van der Waals surface area contributed by atoms with E-state index in [1.165, 1.54) is 0 Å². The first-order chi connectivity index (χ1) is 17.9. The predicted octanol–water partition coefficient (Wildman–Crippen LogP) is 0.943. The summed E-state index contributed by atoms with van der Waals surface area (Å²) in [7, 11) is 0. The van der Waals surface area contributed by atoms with E-state index in [9.17, 15) is 14.9 Å². The highest BCUT2D eigenvalue weighted by atomic mass is 16.2. The minimum absolute atomic E-state index is 0.160. The van der Waals surface area contributed by atoms with Gasteiger partial charge >= 0.3 is 0 Å². The van der Waals surface area contributed by atoms with Gasteiger partial charge in [-0.15, -0.1) is 0 Å². The summed E-state index contributed by atoms with van der Waals surface area (Å²) in [6.45, 7) is 3.46. The normalized spacial score (nSPS) is 19.1. The molecule has 0 aliphatic carbocycles. The minimum atomic E-state index is -0.479. The van der Waals surface area contributed by atoms with Crippen molar-refractivity contribution in [3.05, 3.63) is 101 Å². The van der Waals surface area contributed by atoms with E-state index in [4.69, 9.17) is 11.5 Å². The number of hydrazine groups is 1. The lowest BCUT2D eigenvalue weighted by Crippen LogP contribution is -2.54. The van der Waals surface area contributed by atoms with Gasteiger partial charge < -0.3 is 27.0 Å². The predicted molar refractivity (Wildman–Crippen MR) is 141 cm³/mol. The fourth-order valence-corrected chi connectivity index (χ4v) is 4.30. The Morgan fingerprint density at radius 2 is 2.11 bits per heavy atom. The smallest absolute Gasteiger partial charge is 0.256 e. The Morgan fingerprint density at radius 1 is 1.32 bits per heavy atom. The molecule has 0 radical (unpaired) electrons. The van der Waals surface area contributed by atoms with E-state index in [-0.39, 0.29) is 11.9 Å². The molecule has 0 saturated carbocycles. The topological polar surface area (TPSA) is 153 Å². The average Bonchev–Trinajstić information content (AvgIpc) is 3.35. The molecule has 3 aliphatic rings. The van der Waals surface area contributed by atoms with Crippen molar-refractivity contribution in [2.24, 2.45) is 11.5 Å². The van der Waals surface area contributed by atoms with Crippen LogP contribution in [0.2, 0.25) is 0 Å². The van der Waals surface area contributed by atoms with E-state index in [0.29, 0.717) is 36.3 Å². The second-order valence-corrected chi connectivity index (χ2v) is 8.72. The van der Waals surface area contributed by atoms with Crippen LogP contribution in [0.25, 0.3) is 5.57 Å². The van der Waals surface area contributed by atoms with Crippen molar-refractivity contribution in [1.29, 1.82) is 5.26 Å². The molecule has 37 heavy (non-hydrogen) atoms. The molecule has 1 aromatic carbocycles. The lowest BCUT2D eigenvalue weighted by atomic mass is 10.00. The van der Waals surface area contributed by atoms with Crippen LogP contribution in [0.4, 0.5) is 0 Å². The van der Waals surface area contributed by atoms with E-state index in [1.54, 1.807) is 47.7 Å². The Labute approximate surface area is 215 Å². The van der Waals surface area contributed by atoms with Crippen LogP contribution >= 0.6 is 0 Å². The molecular formula is C27H30N8O2. The number of nitrogens with zero attached hydrogens (tertiary/aromatic N) is 3. The number of nitriles is 1. The second kappa shape index (κ2) is 11.4. The van der Waals surface area contributed by atoms with Gasteiger partial charge in [-0.05, 0) is 55.1 Å². The fraction of sp³-hybridized carbons (Fsp3) is 0.222. The maximum atomic E-state index is 13.9. The molecule has 0 bridgehead atoms. The van der Waals surface area contributed by atoms with Crippen molar-refractivity contribution in [2.75, 3.05) is 19.6 Å². The van der Waals surface area contributed by atoms with Gasteiger partial charge in [-0.2, -0.15) is 5.26 Å². The largest absolute Gasteiger partial charge is 0.389 e. The molecule has 2 atom stereocenters. The summed E-state index contributed by atoms with van der Waals surface area (Å²) in [5.74, 6) is -0.639. The molecule has 2 unspecified atom stereocenters. The molecule has 0 saturated heterocycles. The molecule has 4 rings (SSSR count). The number of nitrogens with one attached hydrogen (secondary N) is 3. The van der Waals surface area contributed by atoms with Crippen LogP contribution in [0, 0.1) is 11.3 Å². The summed E-state index contributed by atoms with van der Waals surface area (Å²) in [4.78, 5) is 27.1. The molecule has 10 heteroatoms. The van der Waals surface area contributed by atoms with Crippen molar-refractivity contribution in [2.45, 2.75) is 19.1 Å². The monoisotopic (exact) mass is 498 g/mol. The molecule has 7 N–H and O–H groups in total. The molecule has 10 nitrogen and oxygen atoms in total. The van der Waals surface area contributed by atoms with Crippen LogP contribution in [-0.4, -0.2) is 53.6 Å². The van der Waals surface area contributed by atoms with Crippen LogP contribution in [0.5, 0.6) is 0 Å². The SMILES string of the molecule is CC(CN/C=C\CN)N(C(=O)C1=CC2=C(c3ccc(C(N)=O)cc3)CNN2C=C1)C1C=CC(C#N)=CN1. The van der Waals surface area contributed by atoms with Crippen molar-refractivity contribution in [3.63, 3.8) is 0 Å². The maximum absolute atomic E-state index is 13.9. The number of fused-ring (bicyclic) bond motifs is 1. The molecule has 0 aromatic heterocycles. The van der Waals surface area contributed by atoms with Crippen molar-refractivity contribution in [1.82, 2.24) is 26.0 Å². The number of rotatable bonds is 9. The Morgan fingerprint density at radius 3 is 2.76 bits per heavy atom. The highest BCUT2D eigenvalue weighted by Crippen LogP contribution is 2.31. The van der Waals surface area contributed by atoms with Gasteiger partial charge in [-0.1, -0.05) is 18.2 Å². The van der Waals surface area contributed by atoms with Crippen LogP contribution in [0.15, 0.2) is 90.1 Å². The summed E-state index contributed by atoms with van der Waals surface area (Å²) in [5, 5.41) is 17.4. The number of dihydropyridines is 1. The van der Waals surface area contributed by atoms with Gasteiger partial charge in [-0.25, -0.2) is 5.43 Å². The third-order valence-corrected chi connectivity index (χ3v) is 6.25. The molecule has 2 amide bonds. The van der Waals surface area contributed by atoms with Gasteiger partial charge in [0.05, 0.1) is 11.3 Å². The summed E-state index contributed by atoms with van der Waals surface area (Å²) in [6, 6.07) is 9.00.